The lowest BCUT2D eigenvalue weighted by Gasteiger charge is -2.09. The number of amides is 1. The minimum Gasteiger partial charge on any atom is -0.478 e. The Morgan fingerprint density at radius 2 is 2.30 bits per heavy atom. The average Bonchev–Trinajstić information content (AvgIpc) is 2.97. The highest BCUT2D eigenvalue weighted by atomic mass is 16.5. The maximum Gasteiger partial charge on any atom is 0.328 e. The molecule has 1 amide bonds. The Labute approximate surface area is 117 Å². The van der Waals surface area contributed by atoms with Crippen molar-refractivity contribution in [1.82, 2.24) is 5.32 Å². The molecule has 1 aromatic rings. The Bertz CT molecular complexity index is 518. The zero-order valence-corrected chi connectivity index (χ0v) is 11.0. The molecule has 0 spiro atoms. The lowest BCUT2D eigenvalue weighted by atomic mass is 10.1. The quantitative estimate of drug-likeness (QED) is 0.797. The Morgan fingerprint density at radius 1 is 1.45 bits per heavy atom. The first kappa shape index (κ1) is 14.3. The van der Waals surface area contributed by atoms with Crippen LogP contribution in [-0.4, -0.2) is 30.2 Å². The summed E-state index contributed by atoms with van der Waals surface area (Å²) in [6.45, 7) is 1.57. The first-order valence-electron chi connectivity index (χ1n) is 6.50. The average molecular weight is 275 g/mol. The molecule has 1 aliphatic heterocycles. The predicted molar refractivity (Wildman–Crippen MR) is 73.9 cm³/mol. The van der Waals surface area contributed by atoms with Crippen LogP contribution < -0.4 is 5.32 Å². The Morgan fingerprint density at radius 3 is 3.00 bits per heavy atom. The standard InChI is InChI=1S/C15H17NO4/c17-14(18)5-4-11-2-1-3-12(8-11)9-16-15(19)13-6-7-20-10-13/h1-5,8,13H,6-7,9-10H2,(H,16,19)(H,17,18). The summed E-state index contributed by atoms with van der Waals surface area (Å²) in [7, 11) is 0. The van der Waals surface area contributed by atoms with Crippen LogP contribution in [0.25, 0.3) is 6.08 Å². The lowest BCUT2D eigenvalue weighted by Crippen LogP contribution is -2.30. The highest BCUT2D eigenvalue weighted by molar-refractivity contribution is 5.85. The number of rotatable bonds is 5. The van der Waals surface area contributed by atoms with E-state index in [9.17, 15) is 9.59 Å². The fourth-order valence-corrected chi connectivity index (χ4v) is 2.05. The zero-order valence-electron chi connectivity index (χ0n) is 11.0. The molecule has 1 aliphatic rings. The number of aliphatic carboxylic acids is 1. The molecule has 0 saturated carbocycles. The van der Waals surface area contributed by atoms with Crippen LogP contribution in [0.2, 0.25) is 0 Å². The Kier molecular flexibility index (Phi) is 4.90. The normalized spacial score (nSPS) is 18.3. The van der Waals surface area contributed by atoms with Crippen molar-refractivity contribution in [2.24, 2.45) is 5.92 Å². The molecule has 1 aromatic carbocycles. The van der Waals surface area contributed by atoms with Crippen LogP contribution in [0.4, 0.5) is 0 Å². The second-order valence-corrected chi connectivity index (χ2v) is 4.69. The van der Waals surface area contributed by atoms with Crippen LogP contribution in [0.5, 0.6) is 0 Å². The first-order valence-corrected chi connectivity index (χ1v) is 6.50. The molecule has 0 aromatic heterocycles. The Hall–Kier alpha value is -2.14. The molecule has 1 saturated heterocycles. The van der Waals surface area contributed by atoms with Gasteiger partial charge in [0, 0.05) is 19.2 Å². The minimum absolute atomic E-state index is 0.00832. The van der Waals surface area contributed by atoms with Crippen LogP contribution in [0.1, 0.15) is 17.5 Å². The van der Waals surface area contributed by atoms with Crippen molar-refractivity contribution in [3.63, 3.8) is 0 Å². The molecule has 20 heavy (non-hydrogen) atoms. The fraction of sp³-hybridized carbons (Fsp3) is 0.333. The topological polar surface area (TPSA) is 75.6 Å². The zero-order chi connectivity index (χ0) is 14.4. The van der Waals surface area contributed by atoms with Crippen LogP contribution >= 0.6 is 0 Å². The largest absolute Gasteiger partial charge is 0.478 e. The van der Waals surface area contributed by atoms with E-state index in [1.807, 2.05) is 24.3 Å². The van der Waals surface area contributed by atoms with Gasteiger partial charge in [-0.1, -0.05) is 18.2 Å². The third kappa shape index (κ3) is 4.20. The van der Waals surface area contributed by atoms with E-state index >= 15 is 0 Å². The van der Waals surface area contributed by atoms with Gasteiger partial charge in [-0.15, -0.1) is 0 Å². The second kappa shape index (κ2) is 6.86. The van der Waals surface area contributed by atoms with Gasteiger partial charge >= 0.3 is 5.97 Å². The molecule has 0 bridgehead atoms. The van der Waals surface area contributed by atoms with Crippen molar-refractivity contribution in [3.8, 4) is 0 Å². The summed E-state index contributed by atoms with van der Waals surface area (Å²) in [5.41, 5.74) is 1.73. The van der Waals surface area contributed by atoms with Gasteiger partial charge in [-0.05, 0) is 29.7 Å². The summed E-state index contributed by atoms with van der Waals surface area (Å²) in [6, 6.07) is 7.39. The van der Waals surface area contributed by atoms with Crippen molar-refractivity contribution in [3.05, 3.63) is 41.5 Å². The molecule has 0 radical (unpaired) electrons. The maximum atomic E-state index is 11.8. The summed E-state index contributed by atoms with van der Waals surface area (Å²) in [5.74, 6) is -1.02. The van der Waals surface area contributed by atoms with E-state index in [4.69, 9.17) is 9.84 Å². The van der Waals surface area contributed by atoms with Gasteiger partial charge in [0.25, 0.3) is 0 Å². The van der Waals surface area contributed by atoms with E-state index in [1.54, 1.807) is 0 Å². The molecular formula is C15H17NO4. The number of carbonyl (C=O) groups is 2. The molecule has 1 heterocycles. The molecule has 0 aliphatic carbocycles. The smallest absolute Gasteiger partial charge is 0.328 e. The number of ether oxygens (including phenoxy) is 1. The van der Waals surface area contributed by atoms with Crippen LogP contribution in [0.3, 0.4) is 0 Å². The molecule has 1 atom stereocenters. The highest BCUT2D eigenvalue weighted by Crippen LogP contribution is 2.13. The number of carbonyl (C=O) groups excluding carboxylic acids is 1. The van der Waals surface area contributed by atoms with Crippen molar-refractivity contribution in [1.29, 1.82) is 0 Å². The Balaban J connectivity index is 1.90. The van der Waals surface area contributed by atoms with Crippen molar-refractivity contribution in [2.45, 2.75) is 13.0 Å². The fourth-order valence-electron chi connectivity index (χ4n) is 2.05. The van der Waals surface area contributed by atoms with Crippen LogP contribution in [-0.2, 0) is 20.9 Å². The van der Waals surface area contributed by atoms with Crippen molar-refractivity contribution >= 4 is 18.0 Å². The van der Waals surface area contributed by atoms with E-state index in [2.05, 4.69) is 5.32 Å². The van der Waals surface area contributed by atoms with Gasteiger partial charge in [0.05, 0.1) is 12.5 Å². The summed E-state index contributed by atoms with van der Waals surface area (Å²) >= 11 is 0. The van der Waals surface area contributed by atoms with E-state index in [-0.39, 0.29) is 11.8 Å². The molecule has 106 valence electrons. The lowest BCUT2D eigenvalue weighted by molar-refractivity contribution is -0.131. The summed E-state index contributed by atoms with van der Waals surface area (Å²) in [5, 5.41) is 11.5. The van der Waals surface area contributed by atoms with E-state index in [0.717, 1.165) is 23.6 Å². The second-order valence-electron chi connectivity index (χ2n) is 4.69. The summed E-state index contributed by atoms with van der Waals surface area (Å²) in [6.07, 6.45) is 3.39. The number of hydrogen-bond donors (Lipinski definition) is 2. The van der Waals surface area contributed by atoms with Gasteiger partial charge in [-0.25, -0.2) is 4.79 Å². The van der Waals surface area contributed by atoms with Gasteiger partial charge in [0.15, 0.2) is 0 Å². The molecule has 5 heteroatoms. The molecule has 1 fully saturated rings. The van der Waals surface area contributed by atoms with E-state index in [1.165, 1.54) is 6.08 Å². The molecule has 1 unspecified atom stereocenters. The first-order chi connectivity index (χ1) is 9.65. The summed E-state index contributed by atoms with van der Waals surface area (Å²) < 4.78 is 5.18. The van der Waals surface area contributed by atoms with Gasteiger partial charge in [0.1, 0.15) is 0 Å². The van der Waals surface area contributed by atoms with Gasteiger partial charge in [-0.3, -0.25) is 4.79 Å². The molecule has 2 N–H and O–H groups in total. The number of nitrogens with one attached hydrogen (secondary N) is 1. The third-order valence-electron chi connectivity index (χ3n) is 3.14. The monoisotopic (exact) mass is 275 g/mol. The highest BCUT2D eigenvalue weighted by Gasteiger charge is 2.22. The maximum absolute atomic E-state index is 11.8. The number of carboxylic acid groups (broad SMARTS) is 1. The predicted octanol–water partition coefficient (Wildman–Crippen LogP) is 1.44. The summed E-state index contributed by atoms with van der Waals surface area (Å²) in [4.78, 5) is 22.3. The minimum atomic E-state index is -0.982. The van der Waals surface area contributed by atoms with E-state index < -0.39 is 5.97 Å². The van der Waals surface area contributed by atoms with E-state index in [0.29, 0.717) is 19.8 Å². The van der Waals surface area contributed by atoms with Gasteiger partial charge < -0.3 is 15.2 Å². The van der Waals surface area contributed by atoms with Crippen LogP contribution in [0, 0.1) is 5.92 Å². The molecule has 5 nitrogen and oxygen atoms in total. The SMILES string of the molecule is O=C(O)C=Cc1cccc(CNC(=O)C2CCOC2)c1. The van der Waals surface area contributed by atoms with Crippen molar-refractivity contribution < 1.29 is 19.4 Å². The van der Waals surface area contributed by atoms with Crippen molar-refractivity contribution in [2.75, 3.05) is 13.2 Å². The number of carboxylic acids is 1. The number of hydrogen-bond acceptors (Lipinski definition) is 3. The number of benzene rings is 1. The van der Waals surface area contributed by atoms with Crippen LogP contribution in [0.15, 0.2) is 30.3 Å². The molecular weight excluding hydrogens is 258 g/mol. The van der Waals surface area contributed by atoms with Gasteiger partial charge in [0.2, 0.25) is 5.91 Å². The van der Waals surface area contributed by atoms with Gasteiger partial charge in [-0.2, -0.15) is 0 Å². The molecule has 2 rings (SSSR count). The third-order valence-corrected chi connectivity index (χ3v) is 3.14.